The molecule has 3 rings (SSSR count). The molecule has 0 saturated carbocycles. The Morgan fingerprint density at radius 1 is 1.09 bits per heavy atom. The van der Waals surface area contributed by atoms with Gasteiger partial charge in [0.15, 0.2) is 0 Å². The molecule has 1 aromatic carbocycles. The third-order valence-corrected chi connectivity index (χ3v) is 3.60. The van der Waals surface area contributed by atoms with E-state index in [9.17, 15) is 4.79 Å². The second-order valence-corrected chi connectivity index (χ2v) is 5.46. The van der Waals surface area contributed by atoms with Crippen LogP contribution < -0.4 is 5.73 Å². The molecule has 2 aromatic rings. The smallest absolute Gasteiger partial charge is 0.134 e. The van der Waals surface area contributed by atoms with Crippen LogP contribution >= 0.6 is 0 Å². The molecule has 0 radical (unpaired) electrons. The molecule has 114 valence electrons. The van der Waals surface area contributed by atoms with Gasteiger partial charge < -0.3 is 14.9 Å². The number of aldehydes is 1. The van der Waals surface area contributed by atoms with Crippen molar-refractivity contribution >= 4 is 6.29 Å². The van der Waals surface area contributed by atoms with Crippen molar-refractivity contribution < 1.29 is 9.21 Å². The van der Waals surface area contributed by atoms with E-state index in [-0.39, 0.29) is 0 Å². The van der Waals surface area contributed by atoms with Crippen molar-refractivity contribution in [1.82, 2.24) is 0 Å². The molecule has 1 aliphatic rings. The van der Waals surface area contributed by atoms with Crippen molar-refractivity contribution in [1.29, 1.82) is 0 Å². The van der Waals surface area contributed by atoms with Gasteiger partial charge in [-0.25, -0.2) is 0 Å². The summed E-state index contributed by atoms with van der Waals surface area (Å²) in [5.41, 5.74) is 6.94. The average molecular weight is 295 g/mol. The van der Waals surface area contributed by atoms with Gasteiger partial charge >= 0.3 is 0 Å². The summed E-state index contributed by atoms with van der Waals surface area (Å²) in [6.07, 6.45) is 7.13. The molecule has 0 amide bonds. The molecule has 0 fully saturated rings. The van der Waals surface area contributed by atoms with Gasteiger partial charge in [0.05, 0.1) is 5.41 Å². The fraction of sp³-hybridized carbons (Fsp3) is 0.211. The Kier molecular flexibility index (Phi) is 4.99. The molecule has 2 N–H and O–H groups in total. The van der Waals surface area contributed by atoms with Crippen LogP contribution in [0.25, 0.3) is 0 Å². The molecule has 1 aromatic heterocycles. The van der Waals surface area contributed by atoms with E-state index >= 15 is 0 Å². The van der Waals surface area contributed by atoms with Crippen LogP contribution in [-0.2, 0) is 10.2 Å². The third-order valence-electron chi connectivity index (χ3n) is 3.60. The minimum absolute atomic E-state index is 0.566. The van der Waals surface area contributed by atoms with Crippen LogP contribution in [0.3, 0.4) is 0 Å². The molecular formula is C19H21NO2. The number of aryl methyl sites for hydroxylation is 2. The van der Waals surface area contributed by atoms with E-state index in [1.807, 2.05) is 74.5 Å². The molecule has 1 heterocycles. The lowest BCUT2D eigenvalue weighted by Crippen LogP contribution is -2.29. The van der Waals surface area contributed by atoms with Crippen molar-refractivity contribution in [2.24, 2.45) is 5.73 Å². The summed E-state index contributed by atoms with van der Waals surface area (Å²) in [4.78, 5) is 11.3. The van der Waals surface area contributed by atoms with E-state index in [2.05, 4.69) is 0 Å². The first kappa shape index (κ1) is 15.8. The van der Waals surface area contributed by atoms with Crippen LogP contribution in [0.5, 0.6) is 0 Å². The van der Waals surface area contributed by atoms with E-state index in [1.54, 1.807) is 0 Å². The van der Waals surface area contributed by atoms with Crippen LogP contribution in [0.15, 0.2) is 70.8 Å². The van der Waals surface area contributed by atoms with Crippen molar-refractivity contribution in [3.05, 3.63) is 83.5 Å². The van der Waals surface area contributed by atoms with Crippen LogP contribution in [0, 0.1) is 13.8 Å². The molecule has 0 saturated heterocycles. The summed E-state index contributed by atoms with van der Waals surface area (Å²) >= 11 is 0. The van der Waals surface area contributed by atoms with Gasteiger partial charge in [-0.15, -0.1) is 0 Å². The minimum Gasteiger partial charge on any atom is -0.467 e. The molecule has 1 unspecified atom stereocenters. The molecule has 1 atom stereocenters. The van der Waals surface area contributed by atoms with Gasteiger partial charge in [0.25, 0.3) is 0 Å². The molecule has 22 heavy (non-hydrogen) atoms. The summed E-state index contributed by atoms with van der Waals surface area (Å²) in [6, 6.07) is 13.6. The molecule has 0 aliphatic heterocycles. The van der Waals surface area contributed by atoms with E-state index < -0.39 is 5.41 Å². The zero-order valence-electron chi connectivity index (χ0n) is 13.0. The predicted molar refractivity (Wildman–Crippen MR) is 88.4 cm³/mol. The number of hydrogen-bond acceptors (Lipinski definition) is 3. The monoisotopic (exact) mass is 295 g/mol. The second kappa shape index (κ2) is 6.94. The molecule has 3 heteroatoms. The number of carbonyl (C=O) groups excluding carboxylic acids is 1. The lowest BCUT2D eigenvalue weighted by atomic mass is 9.76. The van der Waals surface area contributed by atoms with Crippen molar-refractivity contribution in [3.63, 3.8) is 0 Å². The van der Waals surface area contributed by atoms with Crippen LogP contribution in [0.4, 0.5) is 0 Å². The normalized spacial score (nSPS) is 19.8. The summed E-state index contributed by atoms with van der Waals surface area (Å²) < 4.78 is 5.08. The van der Waals surface area contributed by atoms with Crippen LogP contribution in [-0.4, -0.2) is 6.29 Å². The molecule has 1 aliphatic carbocycles. The topological polar surface area (TPSA) is 56.2 Å². The summed E-state index contributed by atoms with van der Waals surface area (Å²) in [7, 11) is 0. The Labute approximate surface area is 131 Å². The Morgan fingerprint density at radius 2 is 1.73 bits per heavy atom. The molecule has 0 spiro atoms. The van der Waals surface area contributed by atoms with Gasteiger partial charge in [0.1, 0.15) is 17.8 Å². The first-order valence-corrected chi connectivity index (χ1v) is 7.24. The minimum atomic E-state index is -0.569. The Hall–Kier alpha value is -2.55. The maximum Gasteiger partial charge on any atom is 0.134 e. The highest BCUT2D eigenvalue weighted by molar-refractivity contribution is 5.73. The molecule has 3 nitrogen and oxygen atoms in total. The maximum atomic E-state index is 11.3. The highest BCUT2D eigenvalue weighted by Gasteiger charge is 2.30. The van der Waals surface area contributed by atoms with E-state index in [0.717, 1.165) is 29.1 Å². The second-order valence-electron chi connectivity index (χ2n) is 5.46. The lowest BCUT2D eigenvalue weighted by molar-refractivity contribution is -0.111. The quantitative estimate of drug-likeness (QED) is 0.857. The van der Waals surface area contributed by atoms with Gasteiger partial charge in [0, 0.05) is 12.1 Å². The van der Waals surface area contributed by atoms with Crippen molar-refractivity contribution in [2.75, 3.05) is 0 Å². The zero-order valence-corrected chi connectivity index (χ0v) is 13.0. The van der Waals surface area contributed by atoms with Gasteiger partial charge in [0.2, 0.25) is 0 Å². The number of nitrogens with two attached hydrogens (primary N) is 1. The Morgan fingerprint density at radius 3 is 2.18 bits per heavy atom. The SMILES string of the molecule is Cc1ccc(C)o1.NC1=CC=CC(C=O)(c2ccccc2)C1. The Bertz CT molecular complexity index is 666. The number of hydrogen-bond donors (Lipinski definition) is 1. The highest BCUT2D eigenvalue weighted by atomic mass is 16.3. The van der Waals surface area contributed by atoms with Crippen molar-refractivity contribution in [3.8, 4) is 0 Å². The van der Waals surface area contributed by atoms with Crippen molar-refractivity contribution in [2.45, 2.75) is 25.7 Å². The first-order chi connectivity index (χ1) is 10.6. The third kappa shape index (κ3) is 3.76. The summed E-state index contributed by atoms with van der Waals surface area (Å²) in [6.45, 7) is 3.88. The zero-order chi connectivity index (χ0) is 16.0. The molecule has 0 bridgehead atoms. The summed E-state index contributed by atoms with van der Waals surface area (Å²) in [5, 5.41) is 0. The van der Waals surface area contributed by atoms with Gasteiger partial charge in [-0.3, -0.25) is 0 Å². The molecular weight excluding hydrogens is 274 g/mol. The average Bonchev–Trinajstić information content (AvgIpc) is 2.92. The number of carbonyl (C=O) groups is 1. The Balaban J connectivity index is 0.000000211. The van der Waals surface area contributed by atoms with E-state index in [0.29, 0.717) is 6.42 Å². The van der Waals surface area contributed by atoms with Gasteiger partial charge in [-0.05, 0) is 37.6 Å². The summed E-state index contributed by atoms with van der Waals surface area (Å²) in [5.74, 6) is 1.97. The van der Waals surface area contributed by atoms with Crippen LogP contribution in [0.1, 0.15) is 23.5 Å². The van der Waals surface area contributed by atoms with Crippen LogP contribution in [0.2, 0.25) is 0 Å². The van der Waals surface area contributed by atoms with Gasteiger partial charge in [-0.1, -0.05) is 42.5 Å². The highest BCUT2D eigenvalue weighted by Crippen LogP contribution is 2.32. The maximum absolute atomic E-state index is 11.3. The number of benzene rings is 1. The standard InChI is InChI=1S/C13H13NO.C6H8O/c14-12-7-4-8-13(9-12,10-15)11-5-2-1-3-6-11;1-5-3-4-6(2)7-5/h1-8,10H,9,14H2;3-4H,1-2H3. The first-order valence-electron chi connectivity index (χ1n) is 7.24. The number of furan rings is 1. The fourth-order valence-electron chi connectivity index (χ4n) is 2.45. The lowest BCUT2D eigenvalue weighted by Gasteiger charge is -2.27. The van der Waals surface area contributed by atoms with Gasteiger partial charge in [-0.2, -0.15) is 0 Å². The largest absolute Gasteiger partial charge is 0.467 e. The van der Waals surface area contributed by atoms with E-state index in [1.165, 1.54) is 0 Å². The number of rotatable bonds is 2. The van der Waals surface area contributed by atoms with E-state index in [4.69, 9.17) is 10.2 Å². The number of allylic oxidation sites excluding steroid dienone is 4. The fourth-order valence-corrected chi connectivity index (χ4v) is 2.45. The predicted octanol–water partition coefficient (Wildman–Crippen LogP) is 3.82.